The van der Waals surface area contributed by atoms with Crippen LogP contribution in [0.3, 0.4) is 0 Å². The summed E-state index contributed by atoms with van der Waals surface area (Å²) in [6, 6.07) is 9.64. The number of nitrogens with zero attached hydrogens (tertiary/aromatic N) is 1. The van der Waals surface area contributed by atoms with E-state index < -0.39 is 0 Å². The highest BCUT2D eigenvalue weighted by Gasteiger charge is 2.11. The fourth-order valence-electron chi connectivity index (χ4n) is 2.02. The predicted molar refractivity (Wildman–Crippen MR) is 86.8 cm³/mol. The molecule has 4 nitrogen and oxygen atoms in total. The van der Waals surface area contributed by atoms with Gasteiger partial charge in [0.1, 0.15) is 0 Å². The second-order valence-corrected chi connectivity index (χ2v) is 4.85. The van der Waals surface area contributed by atoms with Crippen molar-refractivity contribution in [2.45, 2.75) is 26.7 Å². The SMILES string of the molecule is CCCNc1cnccc1C(=O)Nc1ccc(CC)cc1. The normalized spacial score (nSPS) is 10.2. The second kappa shape index (κ2) is 7.43. The zero-order valence-electron chi connectivity index (χ0n) is 12.5. The first-order chi connectivity index (χ1) is 10.2. The van der Waals surface area contributed by atoms with E-state index in [2.05, 4.69) is 29.5 Å². The van der Waals surface area contributed by atoms with E-state index in [1.54, 1.807) is 18.5 Å². The number of rotatable bonds is 6. The monoisotopic (exact) mass is 283 g/mol. The van der Waals surface area contributed by atoms with Gasteiger partial charge in [0, 0.05) is 18.4 Å². The van der Waals surface area contributed by atoms with Crippen LogP contribution in [-0.2, 0) is 6.42 Å². The Kier molecular flexibility index (Phi) is 5.32. The third-order valence-corrected chi connectivity index (χ3v) is 3.25. The number of carbonyl (C=O) groups excluding carboxylic acids is 1. The van der Waals surface area contributed by atoms with Gasteiger partial charge in [0.2, 0.25) is 0 Å². The third-order valence-electron chi connectivity index (χ3n) is 3.25. The van der Waals surface area contributed by atoms with Crippen molar-refractivity contribution in [3.8, 4) is 0 Å². The molecule has 0 fully saturated rings. The number of pyridine rings is 1. The predicted octanol–water partition coefficient (Wildman–Crippen LogP) is 3.72. The molecule has 0 radical (unpaired) electrons. The van der Waals surface area contributed by atoms with Crippen LogP contribution in [0.5, 0.6) is 0 Å². The van der Waals surface area contributed by atoms with E-state index in [-0.39, 0.29) is 5.91 Å². The minimum absolute atomic E-state index is 0.125. The number of hydrogen-bond donors (Lipinski definition) is 2. The van der Waals surface area contributed by atoms with Gasteiger partial charge in [-0.2, -0.15) is 0 Å². The van der Waals surface area contributed by atoms with Gasteiger partial charge in [-0.25, -0.2) is 0 Å². The Labute approximate surface area is 125 Å². The summed E-state index contributed by atoms with van der Waals surface area (Å²) in [4.78, 5) is 16.4. The number of aryl methyl sites for hydroxylation is 1. The largest absolute Gasteiger partial charge is 0.383 e. The maximum Gasteiger partial charge on any atom is 0.257 e. The minimum Gasteiger partial charge on any atom is -0.383 e. The Balaban J connectivity index is 2.12. The molecule has 21 heavy (non-hydrogen) atoms. The Morgan fingerprint density at radius 2 is 1.90 bits per heavy atom. The van der Waals surface area contributed by atoms with Gasteiger partial charge < -0.3 is 10.6 Å². The van der Waals surface area contributed by atoms with Crippen LogP contribution in [0.15, 0.2) is 42.7 Å². The number of anilines is 2. The zero-order chi connectivity index (χ0) is 15.1. The van der Waals surface area contributed by atoms with Crippen LogP contribution >= 0.6 is 0 Å². The second-order valence-electron chi connectivity index (χ2n) is 4.85. The summed E-state index contributed by atoms with van der Waals surface area (Å²) < 4.78 is 0. The Bertz CT molecular complexity index is 593. The van der Waals surface area contributed by atoms with Crippen LogP contribution in [0.1, 0.15) is 36.2 Å². The molecule has 4 heteroatoms. The number of benzene rings is 1. The number of carbonyl (C=O) groups is 1. The summed E-state index contributed by atoms with van der Waals surface area (Å²) in [7, 11) is 0. The van der Waals surface area contributed by atoms with Crippen molar-refractivity contribution in [1.29, 1.82) is 0 Å². The molecule has 1 aromatic carbocycles. The summed E-state index contributed by atoms with van der Waals surface area (Å²) in [5.41, 5.74) is 3.43. The summed E-state index contributed by atoms with van der Waals surface area (Å²) in [6.45, 7) is 5.01. The molecule has 1 heterocycles. The molecule has 0 unspecified atom stereocenters. The third kappa shape index (κ3) is 4.05. The molecule has 0 saturated heterocycles. The fraction of sp³-hybridized carbons (Fsp3) is 0.294. The summed E-state index contributed by atoms with van der Waals surface area (Å²) in [5.74, 6) is -0.125. The van der Waals surface area contributed by atoms with E-state index in [0.717, 1.165) is 30.8 Å². The number of aromatic nitrogens is 1. The van der Waals surface area contributed by atoms with Crippen molar-refractivity contribution in [2.24, 2.45) is 0 Å². The molecule has 110 valence electrons. The van der Waals surface area contributed by atoms with Crippen molar-refractivity contribution in [3.05, 3.63) is 53.9 Å². The molecule has 2 rings (SSSR count). The molecule has 0 bridgehead atoms. The first-order valence-electron chi connectivity index (χ1n) is 7.32. The van der Waals surface area contributed by atoms with Crippen molar-refractivity contribution < 1.29 is 4.79 Å². The lowest BCUT2D eigenvalue weighted by atomic mass is 10.1. The zero-order valence-corrected chi connectivity index (χ0v) is 12.5. The van der Waals surface area contributed by atoms with Crippen LogP contribution in [0.2, 0.25) is 0 Å². The molecule has 0 aliphatic heterocycles. The van der Waals surface area contributed by atoms with Crippen LogP contribution in [-0.4, -0.2) is 17.4 Å². The topological polar surface area (TPSA) is 54.0 Å². The Morgan fingerprint density at radius 1 is 1.14 bits per heavy atom. The van der Waals surface area contributed by atoms with Crippen molar-refractivity contribution >= 4 is 17.3 Å². The van der Waals surface area contributed by atoms with Gasteiger partial charge in [-0.05, 0) is 36.6 Å². The maximum atomic E-state index is 12.4. The van der Waals surface area contributed by atoms with Crippen molar-refractivity contribution in [3.63, 3.8) is 0 Å². The van der Waals surface area contributed by atoms with Gasteiger partial charge in [-0.15, -0.1) is 0 Å². The Hall–Kier alpha value is -2.36. The van der Waals surface area contributed by atoms with Crippen molar-refractivity contribution in [1.82, 2.24) is 4.98 Å². The number of amides is 1. The standard InChI is InChI=1S/C17H21N3O/c1-3-10-19-16-12-18-11-9-15(16)17(21)20-14-7-5-13(4-2)6-8-14/h5-9,11-12,19H,3-4,10H2,1-2H3,(H,20,21). The van der Waals surface area contributed by atoms with Gasteiger partial charge in [-0.3, -0.25) is 9.78 Å². The van der Waals surface area contributed by atoms with Crippen LogP contribution in [0.25, 0.3) is 0 Å². The average molecular weight is 283 g/mol. The van der Waals surface area contributed by atoms with Gasteiger partial charge in [-0.1, -0.05) is 26.0 Å². The highest BCUT2D eigenvalue weighted by atomic mass is 16.1. The number of nitrogens with one attached hydrogen (secondary N) is 2. The minimum atomic E-state index is -0.125. The molecule has 2 N–H and O–H groups in total. The molecular formula is C17H21N3O. The molecule has 1 aromatic heterocycles. The molecule has 0 atom stereocenters. The van der Waals surface area contributed by atoms with Gasteiger partial charge in [0.05, 0.1) is 17.4 Å². The molecule has 0 aliphatic carbocycles. The average Bonchev–Trinajstić information content (AvgIpc) is 2.54. The molecular weight excluding hydrogens is 262 g/mol. The van der Waals surface area contributed by atoms with Gasteiger partial charge in [0.25, 0.3) is 5.91 Å². The van der Waals surface area contributed by atoms with Crippen LogP contribution in [0.4, 0.5) is 11.4 Å². The highest BCUT2D eigenvalue weighted by Crippen LogP contribution is 2.17. The van der Waals surface area contributed by atoms with E-state index in [0.29, 0.717) is 5.56 Å². The van der Waals surface area contributed by atoms with E-state index >= 15 is 0 Å². The molecule has 0 spiro atoms. The van der Waals surface area contributed by atoms with Gasteiger partial charge >= 0.3 is 0 Å². The molecule has 2 aromatic rings. The van der Waals surface area contributed by atoms with E-state index in [1.807, 2.05) is 24.3 Å². The Morgan fingerprint density at radius 3 is 2.57 bits per heavy atom. The lowest BCUT2D eigenvalue weighted by Crippen LogP contribution is -2.15. The summed E-state index contributed by atoms with van der Waals surface area (Å²) in [5, 5.41) is 6.14. The smallest absolute Gasteiger partial charge is 0.257 e. The first kappa shape index (κ1) is 15.0. The van der Waals surface area contributed by atoms with Crippen LogP contribution in [0, 0.1) is 0 Å². The molecule has 0 aliphatic rings. The summed E-state index contributed by atoms with van der Waals surface area (Å²) in [6.07, 6.45) is 5.30. The van der Waals surface area contributed by atoms with Gasteiger partial charge in [0.15, 0.2) is 0 Å². The quantitative estimate of drug-likeness (QED) is 0.849. The van der Waals surface area contributed by atoms with Crippen LogP contribution < -0.4 is 10.6 Å². The fourth-order valence-corrected chi connectivity index (χ4v) is 2.02. The van der Waals surface area contributed by atoms with Crippen molar-refractivity contribution in [2.75, 3.05) is 17.2 Å². The number of hydrogen-bond acceptors (Lipinski definition) is 3. The lowest BCUT2D eigenvalue weighted by Gasteiger charge is -2.11. The highest BCUT2D eigenvalue weighted by molar-refractivity contribution is 6.07. The molecule has 0 saturated carbocycles. The first-order valence-corrected chi connectivity index (χ1v) is 7.32. The van der Waals surface area contributed by atoms with E-state index in [4.69, 9.17) is 0 Å². The lowest BCUT2D eigenvalue weighted by molar-refractivity contribution is 0.102. The maximum absolute atomic E-state index is 12.4. The molecule has 1 amide bonds. The van der Waals surface area contributed by atoms with E-state index in [9.17, 15) is 4.79 Å². The van der Waals surface area contributed by atoms with E-state index in [1.165, 1.54) is 5.56 Å². The summed E-state index contributed by atoms with van der Waals surface area (Å²) >= 11 is 0.